The molecule has 0 fully saturated rings. The van der Waals surface area contributed by atoms with Gasteiger partial charge in [-0.2, -0.15) is 0 Å². The summed E-state index contributed by atoms with van der Waals surface area (Å²) in [7, 11) is 0. The lowest BCUT2D eigenvalue weighted by Crippen LogP contribution is -2.11. The molecule has 0 unspecified atom stereocenters. The van der Waals surface area contributed by atoms with Crippen molar-refractivity contribution in [2.24, 2.45) is 0 Å². The fourth-order valence-electron chi connectivity index (χ4n) is 1.46. The summed E-state index contributed by atoms with van der Waals surface area (Å²) < 4.78 is 7.75. The van der Waals surface area contributed by atoms with Crippen LogP contribution in [0.4, 0.5) is 5.69 Å². The van der Waals surface area contributed by atoms with Crippen molar-refractivity contribution in [3.05, 3.63) is 57.5 Å². The number of benzene rings is 2. The SMILES string of the molecule is Brc1ccc(NCCOc2ccc(Br)cc2)cc1. The molecular weight excluding hydrogens is 358 g/mol. The van der Waals surface area contributed by atoms with Crippen LogP contribution in [0.15, 0.2) is 57.5 Å². The summed E-state index contributed by atoms with van der Waals surface area (Å²) in [4.78, 5) is 0. The summed E-state index contributed by atoms with van der Waals surface area (Å²) in [6.07, 6.45) is 0. The number of hydrogen-bond donors (Lipinski definition) is 1. The van der Waals surface area contributed by atoms with Crippen LogP contribution in [0.25, 0.3) is 0 Å². The van der Waals surface area contributed by atoms with Crippen molar-refractivity contribution in [2.45, 2.75) is 0 Å². The zero-order chi connectivity index (χ0) is 12.8. The third-order valence-electron chi connectivity index (χ3n) is 2.36. The maximum absolute atomic E-state index is 5.61. The zero-order valence-corrected chi connectivity index (χ0v) is 12.9. The maximum atomic E-state index is 5.61. The Bertz CT molecular complexity index is 435. The Kier molecular flexibility index (Phi) is 5.08. The highest BCUT2D eigenvalue weighted by Gasteiger charge is 1.94. The van der Waals surface area contributed by atoms with Crippen LogP contribution >= 0.6 is 31.9 Å². The van der Waals surface area contributed by atoms with E-state index >= 15 is 0 Å². The first-order valence-electron chi connectivity index (χ1n) is 5.62. The summed E-state index contributed by atoms with van der Waals surface area (Å²) in [6, 6.07) is 15.9. The van der Waals surface area contributed by atoms with Crippen molar-refractivity contribution >= 4 is 37.5 Å². The van der Waals surface area contributed by atoms with Gasteiger partial charge in [-0.15, -0.1) is 0 Å². The van der Waals surface area contributed by atoms with Gasteiger partial charge in [0.2, 0.25) is 0 Å². The predicted octanol–water partition coefficient (Wildman–Crippen LogP) is 4.70. The molecule has 0 aromatic heterocycles. The van der Waals surface area contributed by atoms with E-state index in [1.54, 1.807) is 0 Å². The van der Waals surface area contributed by atoms with Gasteiger partial charge in [0.25, 0.3) is 0 Å². The van der Waals surface area contributed by atoms with Crippen LogP contribution in [0, 0.1) is 0 Å². The number of anilines is 1. The highest BCUT2D eigenvalue weighted by molar-refractivity contribution is 9.10. The molecule has 4 heteroatoms. The van der Waals surface area contributed by atoms with Crippen molar-refractivity contribution in [3.8, 4) is 5.75 Å². The van der Waals surface area contributed by atoms with Gasteiger partial charge < -0.3 is 10.1 Å². The van der Waals surface area contributed by atoms with Crippen LogP contribution in [0.1, 0.15) is 0 Å². The molecule has 0 aliphatic carbocycles. The molecule has 0 atom stereocenters. The number of nitrogens with one attached hydrogen (secondary N) is 1. The molecule has 0 saturated carbocycles. The molecule has 0 heterocycles. The van der Waals surface area contributed by atoms with Crippen molar-refractivity contribution in [1.29, 1.82) is 0 Å². The van der Waals surface area contributed by atoms with E-state index < -0.39 is 0 Å². The molecule has 2 nitrogen and oxygen atoms in total. The van der Waals surface area contributed by atoms with Crippen molar-refractivity contribution < 1.29 is 4.74 Å². The topological polar surface area (TPSA) is 21.3 Å². The van der Waals surface area contributed by atoms with Gasteiger partial charge in [-0.05, 0) is 48.5 Å². The van der Waals surface area contributed by atoms with E-state index in [-0.39, 0.29) is 0 Å². The summed E-state index contributed by atoms with van der Waals surface area (Å²) in [6.45, 7) is 1.41. The van der Waals surface area contributed by atoms with Gasteiger partial charge in [0.1, 0.15) is 12.4 Å². The van der Waals surface area contributed by atoms with E-state index in [1.165, 1.54) is 0 Å². The number of rotatable bonds is 5. The molecule has 0 amide bonds. The predicted molar refractivity (Wildman–Crippen MR) is 82.3 cm³/mol. The molecule has 18 heavy (non-hydrogen) atoms. The standard InChI is InChI=1S/C14H13Br2NO/c15-11-1-5-13(6-2-11)17-9-10-18-14-7-3-12(16)4-8-14/h1-8,17H,9-10H2. The van der Waals surface area contributed by atoms with Crippen LogP contribution in [0.5, 0.6) is 5.75 Å². The third-order valence-corrected chi connectivity index (χ3v) is 3.42. The molecular formula is C14H13Br2NO. The lowest BCUT2D eigenvalue weighted by Gasteiger charge is -2.08. The van der Waals surface area contributed by atoms with Crippen LogP contribution in [-0.2, 0) is 0 Å². The monoisotopic (exact) mass is 369 g/mol. The Hall–Kier alpha value is -1.00. The highest BCUT2D eigenvalue weighted by Crippen LogP contribution is 2.16. The summed E-state index contributed by atoms with van der Waals surface area (Å²) in [5, 5.41) is 3.30. The lowest BCUT2D eigenvalue weighted by molar-refractivity contribution is 0.333. The fraction of sp³-hybridized carbons (Fsp3) is 0.143. The van der Waals surface area contributed by atoms with Gasteiger partial charge in [0.15, 0.2) is 0 Å². The Labute approximate surface area is 124 Å². The highest BCUT2D eigenvalue weighted by atomic mass is 79.9. The number of hydrogen-bond acceptors (Lipinski definition) is 2. The Morgan fingerprint density at radius 1 is 0.833 bits per heavy atom. The summed E-state index contributed by atoms with van der Waals surface area (Å²) in [5.74, 6) is 0.885. The first-order chi connectivity index (χ1) is 8.74. The van der Waals surface area contributed by atoms with E-state index in [0.717, 1.165) is 26.9 Å². The third kappa shape index (κ3) is 4.35. The summed E-state index contributed by atoms with van der Waals surface area (Å²) in [5.41, 5.74) is 1.10. The lowest BCUT2D eigenvalue weighted by atomic mass is 10.3. The van der Waals surface area contributed by atoms with Gasteiger partial charge in [0, 0.05) is 21.2 Å². The second-order valence-corrected chi connectivity index (χ2v) is 5.57. The van der Waals surface area contributed by atoms with E-state index in [9.17, 15) is 0 Å². The molecule has 0 spiro atoms. The second-order valence-electron chi connectivity index (χ2n) is 3.74. The molecule has 2 rings (SSSR count). The van der Waals surface area contributed by atoms with Gasteiger partial charge in [-0.25, -0.2) is 0 Å². The smallest absolute Gasteiger partial charge is 0.119 e. The molecule has 0 saturated heterocycles. The van der Waals surface area contributed by atoms with Gasteiger partial charge in [0.05, 0.1) is 0 Å². The van der Waals surface area contributed by atoms with E-state index in [2.05, 4.69) is 37.2 Å². The van der Waals surface area contributed by atoms with Crippen molar-refractivity contribution in [2.75, 3.05) is 18.5 Å². The normalized spacial score (nSPS) is 10.1. The van der Waals surface area contributed by atoms with Gasteiger partial charge in [-0.1, -0.05) is 31.9 Å². The van der Waals surface area contributed by atoms with Crippen LogP contribution in [-0.4, -0.2) is 13.2 Å². The molecule has 94 valence electrons. The first-order valence-corrected chi connectivity index (χ1v) is 7.20. The number of ether oxygens (including phenoxy) is 1. The van der Waals surface area contributed by atoms with Crippen molar-refractivity contribution in [3.63, 3.8) is 0 Å². The summed E-state index contributed by atoms with van der Waals surface area (Å²) >= 11 is 6.80. The molecule has 2 aromatic rings. The molecule has 0 aliphatic rings. The fourth-order valence-corrected chi connectivity index (χ4v) is 1.99. The van der Waals surface area contributed by atoms with Crippen molar-refractivity contribution in [1.82, 2.24) is 0 Å². The van der Waals surface area contributed by atoms with Gasteiger partial charge in [-0.3, -0.25) is 0 Å². The van der Waals surface area contributed by atoms with Crippen LogP contribution < -0.4 is 10.1 Å². The number of halogens is 2. The minimum Gasteiger partial charge on any atom is -0.492 e. The maximum Gasteiger partial charge on any atom is 0.119 e. The Morgan fingerprint density at radius 2 is 1.39 bits per heavy atom. The zero-order valence-electron chi connectivity index (χ0n) is 9.70. The van der Waals surface area contributed by atoms with E-state index in [0.29, 0.717) is 6.61 Å². The largest absolute Gasteiger partial charge is 0.492 e. The molecule has 1 N–H and O–H groups in total. The molecule has 0 bridgehead atoms. The molecule has 0 radical (unpaired) electrons. The average molecular weight is 371 g/mol. The Balaban J connectivity index is 1.73. The van der Waals surface area contributed by atoms with E-state index in [4.69, 9.17) is 4.74 Å². The van der Waals surface area contributed by atoms with Crippen LogP contribution in [0.3, 0.4) is 0 Å². The average Bonchev–Trinajstić information content (AvgIpc) is 2.39. The molecule has 0 aliphatic heterocycles. The Morgan fingerprint density at radius 3 is 2.00 bits per heavy atom. The van der Waals surface area contributed by atoms with E-state index in [1.807, 2.05) is 48.5 Å². The first kappa shape index (κ1) is 13.4. The van der Waals surface area contributed by atoms with Gasteiger partial charge >= 0.3 is 0 Å². The second kappa shape index (κ2) is 6.81. The van der Waals surface area contributed by atoms with Crippen LogP contribution in [0.2, 0.25) is 0 Å². The minimum absolute atomic E-state index is 0.637. The quantitative estimate of drug-likeness (QED) is 0.770. The molecule has 2 aromatic carbocycles. The minimum atomic E-state index is 0.637.